The van der Waals surface area contributed by atoms with E-state index in [9.17, 15) is 4.79 Å². The fourth-order valence-electron chi connectivity index (χ4n) is 4.93. The van der Waals surface area contributed by atoms with Crippen LogP contribution in [0, 0.1) is 0 Å². The average Bonchev–Trinajstić information content (AvgIpc) is 3.63. The second-order valence-electron chi connectivity index (χ2n) is 9.50. The lowest BCUT2D eigenvalue weighted by atomic mass is 9.99. The Morgan fingerprint density at radius 2 is 1.97 bits per heavy atom. The van der Waals surface area contributed by atoms with Gasteiger partial charge in [0.2, 0.25) is 0 Å². The van der Waals surface area contributed by atoms with Gasteiger partial charge < -0.3 is 15.0 Å². The summed E-state index contributed by atoms with van der Waals surface area (Å²) in [7, 11) is 0. The van der Waals surface area contributed by atoms with Crippen molar-refractivity contribution in [1.82, 2.24) is 29.9 Å². The van der Waals surface area contributed by atoms with Crippen LogP contribution in [0.4, 0.5) is 5.69 Å². The van der Waals surface area contributed by atoms with Crippen molar-refractivity contribution in [1.29, 1.82) is 0 Å². The van der Waals surface area contributed by atoms with Gasteiger partial charge in [0.1, 0.15) is 0 Å². The number of nitrogens with zero attached hydrogens (tertiary/aromatic N) is 4. The average molecular weight is 484 g/mol. The van der Waals surface area contributed by atoms with Crippen molar-refractivity contribution >= 4 is 33.4 Å². The lowest BCUT2D eigenvalue weighted by molar-refractivity contribution is 0.0329. The van der Waals surface area contributed by atoms with E-state index in [0.29, 0.717) is 11.4 Å². The molecular formula is C27H29N7O2. The molecule has 1 aliphatic rings. The number of fused-ring (bicyclic) bond motifs is 2. The van der Waals surface area contributed by atoms with Gasteiger partial charge in [0.15, 0.2) is 5.69 Å². The maximum Gasteiger partial charge on any atom is 0.276 e. The van der Waals surface area contributed by atoms with Crippen LogP contribution in [0.25, 0.3) is 32.9 Å². The Kier molecular flexibility index (Phi) is 5.79. The van der Waals surface area contributed by atoms with E-state index in [4.69, 9.17) is 4.74 Å². The molecule has 1 aliphatic heterocycles. The van der Waals surface area contributed by atoms with Gasteiger partial charge in [-0.2, -0.15) is 10.2 Å². The number of rotatable bonds is 6. The fourth-order valence-corrected chi connectivity index (χ4v) is 4.93. The first kappa shape index (κ1) is 22.5. The zero-order chi connectivity index (χ0) is 24.6. The van der Waals surface area contributed by atoms with E-state index in [2.05, 4.69) is 68.6 Å². The fraction of sp³-hybridized carbons (Fsp3) is 0.296. The third-order valence-corrected chi connectivity index (χ3v) is 6.74. The number of benzene rings is 2. The number of H-pyrrole nitrogens is 2. The predicted octanol–water partition coefficient (Wildman–Crippen LogP) is 4.57. The van der Waals surface area contributed by atoms with Crippen LogP contribution in [0.5, 0.6) is 0 Å². The number of aromatic amines is 2. The predicted molar refractivity (Wildman–Crippen MR) is 140 cm³/mol. The standard InChI is InChI=1S/C27H29N7O2/c1-17(2)34-19(16-33-8-10-36-11-9-33)14-26(32-34)27(35)30-24-12-18(13-25-22(24)15-29-31-25)20-4-3-5-23-21(20)6-7-28-23/h3-7,12-15,17,28H,8-11,16H2,1-2H3,(H,29,31)(H,30,35). The molecule has 5 aromatic rings. The molecule has 3 aromatic heterocycles. The second-order valence-corrected chi connectivity index (χ2v) is 9.50. The molecule has 0 radical (unpaired) electrons. The normalized spacial score (nSPS) is 14.8. The minimum absolute atomic E-state index is 0.147. The minimum atomic E-state index is -0.239. The number of ether oxygens (including phenoxy) is 1. The Hall–Kier alpha value is -3.95. The molecule has 0 spiro atoms. The van der Waals surface area contributed by atoms with Crippen molar-refractivity contribution in [2.45, 2.75) is 26.4 Å². The highest BCUT2D eigenvalue weighted by molar-refractivity contribution is 6.09. The SMILES string of the molecule is CC(C)n1nc(C(=O)Nc2cc(-c3cccc4[nH]ccc34)cc3[nH]ncc23)cc1CN1CCOCC1. The van der Waals surface area contributed by atoms with Gasteiger partial charge in [0.25, 0.3) is 5.91 Å². The number of hydrogen-bond acceptors (Lipinski definition) is 5. The van der Waals surface area contributed by atoms with Crippen LogP contribution in [0.15, 0.2) is 54.9 Å². The molecule has 1 saturated heterocycles. The molecule has 1 fully saturated rings. The minimum Gasteiger partial charge on any atom is -0.379 e. The third kappa shape index (κ3) is 4.16. The lowest BCUT2D eigenvalue weighted by Gasteiger charge is -2.27. The molecule has 2 aromatic carbocycles. The Bertz CT molecular complexity index is 1540. The van der Waals surface area contributed by atoms with Crippen molar-refractivity contribution in [2.75, 3.05) is 31.6 Å². The Labute approximate surface area is 208 Å². The van der Waals surface area contributed by atoms with Crippen LogP contribution in [0.1, 0.15) is 36.1 Å². The van der Waals surface area contributed by atoms with Gasteiger partial charge in [-0.3, -0.25) is 19.5 Å². The first-order valence-corrected chi connectivity index (χ1v) is 12.3. The van der Waals surface area contributed by atoms with Crippen molar-refractivity contribution in [3.8, 4) is 11.1 Å². The molecule has 9 heteroatoms. The first-order valence-electron chi connectivity index (χ1n) is 12.3. The molecule has 0 unspecified atom stereocenters. The summed E-state index contributed by atoms with van der Waals surface area (Å²) in [5, 5.41) is 17.0. The summed E-state index contributed by atoms with van der Waals surface area (Å²) in [5.74, 6) is -0.239. The molecule has 3 N–H and O–H groups in total. The highest BCUT2D eigenvalue weighted by Crippen LogP contribution is 2.34. The number of carbonyl (C=O) groups is 1. The van der Waals surface area contributed by atoms with E-state index >= 15 is 0 Å². The number of anilines is 1. The summed E-state index contributed by atoms with van der Waals surface area (Å²) in [6, 6.07) is 14.3. The van der Waals surface area contributed by atoms with Gasteiger partial charge in [0, 0.05) is 48.2 Å². The summed E-state index contributed by atoms with van der Waals surface area (Å²) >= 11 is 0. The van der Waals surface area contributed by atoms with Crippen LogP contribution >= 0.6 is 0 Å². The molecule has 0 aliphatic carbocycles. The van der Waals surface area contributed by atoms with E-state index in [1.165, 1.54) is 0 Å². The lowest BCUT2D eigenvalue weighted by Crippen LogP contribution is -2.36. The van der Waals surface area contributed by atoms with Crippen LogP contribution in [0.3, 0.4) is 0 Å². The maximum atomic E-state index is 13.4. The number of carbonyl (C=O) groups excluding carboxylic acids is 1. The van der Waals surface area contributed by atoms with Crippen molar-refractivity contribution in [2.24, 2.45) is 0 Å². The smallest absolute Gasteiger partial charge is 0.276 e. The zero-order valence-corrected chi connectivity index (χ0v) is 20.4. The Morgan fingerprint density at radius 3 is 2.81 bits per heavy atom. The van der Waals surface area contributed by atoms with Crippen LogP contribution in [0.2, 0.25) is 0 Å². The van der Waals surface area contributed by atoms with Crippen molar-refractivity contribution < 1.29 is 9.53 Å². The topological polar surface area (TPSA) is 104 Å². The number of aromatic nitrogens is 5. The molecule has 36 heavy (non-hydrogen) atoms. The van der Waals surface area contributed by atoms with E-state index in [-0.39, 0.29) is 11.9 Å². The molecule has 1 amide bonds. The molecule has 184 valence electrons. The molecule has 9 nitrogen and oxygen atoms in total. The summed E-state index contributed by atoms with van der Waals surface area (Å²) in [5.41, 5.74) is 6.12. The number of nitrogens with one attached hydrogen (secondary N) is 3. The molecule has 0 saturated carbocycles. The third-order valence-electron chi connectivity index (χ3n) is 6.74. The van der Waals surface area contributed by atoms with E-state index < -0.39 is 0 Å². The van der Waals surface area contributed by atoms with E-state index in [1.807, 2.05) is 29.1 Å². The Balaban J connectivity index is 1.33. The van der Waals surface area contributed by atoms with Crippen molar-refractivity contribution in [3.05, 3.63) is 66.2 Å². The van der Waals surface area contributed by atoms with Gasteiger partial charge in [-0.25, -0.2) is 0 Å². The molecular weight excluding hydrogens is 454 g/mol. The molecule has 6 rings (SSSR count). The monoisotopic (exact) mass is 483 g/mol. The van der Waals surface area contributed by atoms with Gasteiger partial charge >= 0.3 is 0 Å². The molecule has 0 atom stereocenters. The second kappa shape index (κ2) is 9.25. The highest BCUT2D eigenvalue weighted by Gasteiger charge is 2.21. The van der Waals surface area contributed by atoms with E-state index in [1.54, 1.807) is 6.20 Å². The number of amides is 1. The summed E-state index contributed by atoms with van der Waals surface area (Å²) in [6.07, 6.45) is 3.67. The van der Waals surface area contributed by atoms with Gasteiger partial charge in [-0.15, -0.1) is 0 Å². The number of hydrogen-bond donors (Lipinski definition) is 3. The summed E-state index contributed by atoms with van der Waals surface area (Å²) in [4.78, 5) is 19.0. The first-order chi connectivity index (χ1) is 17.6. The zero-order valence-electron chi connectivity index (χ0n) is 20.4. The largest absolute Gasteiger partial charge is 0.379 e. The van der Waals surface area contributed by atoms with E-state index in [0.717, 1.165) is 71.5 Å². The van der Waals surface area contributed by atoms with Crippen LogP contribution < -0.4 is 5.32 Å². The Morgan fingerprint density at radius 1 is 1.11 bits per heavy atom. The molecule has 4 heterocycles. The summed E-state index contributed by atoms with van der Waals surface area (Å²) < 4.78 is 7.42. The number of morpholine rings is 1. The van der Waals surface area contributed by atoms with Gasteiger partial charge in [-0.05, 0) is 55.3 Å². The summed E-state index contributed by atoms with van der Waals surface area (Å²) in [6.45, 7) is 8.13. The van der Waals surface area contributed by atoms with Gasteiger partial charge in [0.05, 0.1) is 36.3 Å². The van der Waals surface area contributed by atoms with Gasteiger partial charge in [-0.1, -0.05) is 12.1 Å². The van der Waals surface area contributed by atoms with Crippen LogP contribution in [-0.2, 0) is 11.3 Å². The quantitative estimate of drug-likeness (QED) is 0.328. The molecule has 0 bridgehead atoms. The maximum absolute atomic E-state index is 13.4. The highest BCUT2D eigenvalue weighted by atomic mass is 16.5. The van der Waals surface area contributed by atoms with Crippen molar-refractivity contribution in [3.63, 3.8) is 0 Å². The van der Waals surface area contributed by atoms with Crippen LogP contribution in [-0.4, -0.2) is 62.1 Å².